The second kappa shape index (κ2) is 10.7. The van der Waals surface area contributed by atoms with Crippen molar-refractivity contribution < 1.29 is 13.2 Å². The highest BCUT2D eigenvalue weighted by molar-refractivity contribution is 7.88. The van der Waals surface area contributed by atoms with Crippen molar-refractivity contribution in [1.29, 1.82) is 0 Å². The number of benzene rings is 3. The summed E-state index contributed by atoms with van der Waals surface area (Å²) in [7, 11) is -3.47. The van der Waals surface area contributed by atoms with Gasteiger partial charge >= 0.3 is 0 Å². The van der Waals surface area contributed by atoms with Crippen LogP contribution in [-0.4, -0.2) is 31.7 Å². The fourth-order valence-corrected chi connectivity index (χ4v) is 6.11. The maximum Gasteiger partial charge on any atom is 0.223 e. The van der Waals surface area contributed by atoms with Gasteiger partial charge in [0.05, 0.1) is 11.8 Å². The quantitative estimate of drug-likeness (QED) is 0.495. The van der Waals surface area contributed by atoms with E-state index in [2.05, 4.69) is 5.32 Å². The van der Waals surface area contributed by atoms with Crippen molar-refractivity contribution in [3.8, 4) is 0 Å². The third-order valence-corrected chi connectivity index (χ3v) is 8.37. The van der Waals surface area contributed by atoms with Crippen molar-refractivity contribution in [2.45, 2.75) is 31.6 Å². The van der Waals surface area contributed by atoms with Crippen LogP contribution in [0.1, 0.15) is 41.1 Å². The molecule has 0 aromatic heterocycles. The molecule has 1 fully saturated rings. The van der Waals surface area contributed by atoms with Crippen molar-refractivity contribution in [3.63, 3.8) is 0 Å². The first kappa shape index (κ1) is 24.5. The third-order valence-electron chi connectivity index (χ3n) is 6.29. The predicted octanol–water partition coefficient (Wildman–Crippen LogP) is 5.10. The van der Waals surface area contributed by atoms with Gasteiger partial charge < -0.3 is 5.32 Å². The summed E-state index contributed by atoms with van der Waals surface area (Å²) in [6.07, 6.45) is 0.992. The molecule has 1 saturated heterocycles. The lowest BCUT2D eigenvalue weighted by Gasteiger charge is -2.31. The molecule has 178 valence electrons. The molecule has 0 radical (unpaired) electrons. The van der Waals surface area contributed by atoms with Crippen molar-refractivity contribution in [1.82, 2.24) is 9.62 Å². The summed E-state index contributed by atoms with van der Waals surface area (Å²) in [4.78, 5) is 13.2. The first-order chi connectivity index (χ1) is 16.3. The molecular formula is C27H29ClN2O3S. The van der Waals surface area contributed by atoms with E-state index in [1.54, 1.807) is 24.3 Å². The van der Waals surface area contributed by atoms with E-state index < -0.39 is 10.0 Å². The molecule has 0 bridgehead atoms. The topological polar surface area (TPSA) is 66.5 Å². The van der Waals surface area contributed by atoms with Gasteiger partial charge in [-0.25, -0.2) is 12.7 Å². The molecule has 0 unspecified atom stereocenters. The van der Waals surface area contributed by atoms with Gasteiger partial charge in [-0.2, -0.15) is 0 Å². The number of piperidine rings is 1. The minimum absolute atomic E-state index is 0.0404. The van der Waals surface area contributed by atoms with Gasteiger partial charge in [-0.3, -0.25) is 4.79 Å². The van der Waals surface area contributed by atoms with Crippen LogP contribution >= 0.6 is 11.6 Å². The lowest BCUT2D eigenvalue weighted by atomic mass is 9.94. The lowest BCUT2D eigenvalue weighted by Crippen LogP contribution is -2.44. The van der Waals surface area contributed by atoms with E-state index in [9.17, 15) is 13.2 Å². The molecule has 1 aliphatic heterocycles. The largest absolute Gasteiger partial charge is 0.345 e. The van der Waals surface area contributed by atoms with Gasteiger partial charge in [0.2, 0.25) is 15.9 Å². The Bertz CT molecular complexity index is 1220. The van der Waals surface area contributed by atoms with Crippen LogP contribution in [0.4, 0.5) is 0 Å². The van der Waals surface area contributed by atoms with Crippen molar-refractivity contribution >= 4 is 27.5 Å². The van der Waals surface area contributed by atoms with Crippen LogP contribution in [0, 0.1) is 12.8 Å². The zero-order chi connectivity index (χ0) is 24.1. The molecule has 5 nitrogen and oxygen atoms in total. The Hall–Kier alpha value is -2.67. The number of halogens is 1. The number of rotatable bonds is 7. The SMILES string of the molecule is Cc1ccc([C@H](NC(=O)C2CCN(S(=O)(=O)Cc3cccc(Cl)c3)CC2)c2ccccc2)cc1. The van der Waals surface area contributed by atoms with Gasteiger partial charge in [-0.15, -0.1) is 0 Å². The molecule has 3 aromatic carbocycles. The standard InChI is InChI=1S/C27H29ClN2O3S/c1-20-10-12-23(13-11-20)26(22-7-3-2-4-8-22)29-27(31)24-14-16-30(17-15-24)34(32,33)19-21-6-5-9-25(28)18-21/h2-13,18,24,26H,14-17,19H2,1H3,(H,29,31)/t26-/m1/s1. The average Bonchev–Trinajstić information content (AvgIpc) is 2.83. The van der Waals surface area contributed by atoms with Crippen molar-refractivity contribution in [2.24, 2.45) is 5.92 Å². The molecule has 34 heavy (non-hydrogen) atoms. The molecule has 7 heteroatoms. The Kier molecular flexibility index (Phi) is 7.71. The van der Waals surface area contributed by atoms with E-state index in [0.717, 1.165) is 16.7 Å². The summed E-state index contributed by atoms with van der Waals surface area (Å²) >= 11 is 6.00. The number of hydrogen-bond donors (Lipinski definition) is 1. The van der Waals surface area contributed by atoms with Crippen LogP contribution in [0.2, 0.25) is 5.02 Å². The number of aryl methyl sites for hydroxylation is 1. The summed E-state index contributed by atoms with van der Waals surface area (Å²) in [6, 6.07) is 24.7. The molecule has 1 heterocycles. The normalized spacial score (nSPS) is 16.2. The number of carbonyl (C=O) groups is 1. The molecule has 3 aromatic rings. The average molecular weight is 497 g/mol. The number of amides is 1. The van der Waals surface area contributed by atoms with Crippen molar-refractivity contribution in [3.05, 3.63) is 106 Å². The van der Waals surface area contributed by atoms with Gasteiger partial charge in [-0.1, -0.05) is 83.9 Å². The minimum atomic E-state index is -3.47. The molecule has 1 atom stereocenters. The van der Waals surface area contributed by atoms with E-state index >= 15 is 0 Å². The Balaban J connectivity index is 1.41. The van der Waals surface area contributed by atoms with Crippen LogP contribution in [0.25, 0.3) is 0 Å². The second-order valence-corrected chi connectivity index (χ2v) is 11.2. The maximum atomic E-state index is 13.2. The van der Waals surface area contributed by atoms with Crippen LogP contribution < -0.4 is 5.32 Å². The molecular weight excluding hydrogens is 468 g/mol. The molecule has 0 saturated carbocycles. The summed E-state index contributed by atoms with van der Waals surface area (Å²) in [6.45, 7) is 2.71. The lowest BCUT2D eigenvalue weighted by molar-refractivity contribution is -0.126. The number of sulfonamides is 1. The van der Waals surface area contributed by atoms with Gasteiger partial charge in [0.25, 0.3) is 0 Å². The first-order valence-electron chi connectivity index (χ1n) is 11.5. The van der Waals surface area contributed by atoms with Crippen LogP contribution in [0.3, 0.4) is 0 Å². The highest BCUT2D eigenvalue weighted by Crippen LogP contribution is 2.26. The zero-order valence-electron chi connectivity index (χ0n) is 19.2. The molecule has 1 amide bonds. The van der Waals surface area contributed by atoms with Crippen molar-refractivity contribution in [2.75, 3.05) is 13.1 Å². The Morgan fingerprint density at radius 3 is 2.26 bits per heavy atom. The molecule has 0 spiro atoms. The Morgan fingerprint density at radius 2 is 1.62 bits per heavy atom. The summed E-state index contributed by atoms with van der Waals surface area (Å²) in [5.41, 5.74) is 3.86. The van der Waals surface area contributed by atoms with Gasteiger partial charge in [0, 0.05) is 24.0 Å². The van der Waals surface area contributed by atoms with E-state index in [4.69, 9.17) is 11.6 Å². The van der Waals surface area contributed by atoms with Gasteiger partial charge in [0.15, 0.2) is 0 Å². The Labute approximate surface area is 206 Å². The highest BCUT2D eigenvalue weighted by Gasteiger charge is 2.32. The highest BCUT2D eigenvalue weighted by atomic mass is 35.5. The van der Waals surface area contributed by atoms with E-state index in [1.807, 2.05) is 61.5 Å². The number of carbonyl (C=O) groups excluding carboxylic acids is 1. The first-order valence-corrected chi connectivity index (χ1v) is 13.4. The van der Waals surface area contributed by atoms with Crippen LogP contribution in [0.5, 0.6) is 0 Å². The molecule has 1 N–H and O–H groups in total. The van der Waals surface area contributed by atoms with Gasteiger partial charge in [-0.05, 0) is 48.6 Å². The maximum absolute atomic E-state index is 13.2. The fourth-order valence-electron chi connectivity index (χ4n) is 4.35. The summed E-state index contributed by atoms with van der Waals surface area (Å²) in [5.74, 6) is -0.357. The Morgan fingerprint density at radius 1 is 0.971 bits per heavy atom. The predicted molar refractivity (Wildman–Crippen MR) is 136 cm³/mol. The van der Waals surface area contributed by atoms with Crippen LogP contribution in [0.15, 0.2) is 78.9 Å². The summed E-state index contributed by atoms with van der Waals surface area (Å²) < 4.78 is 27.3. The third kappa shape index (κ3) is 6.06. The van der Waals surface area contributed by atoms with Gasteiger partial charge in [0.1, 0.15) is 0 Å². The smallest absolute Gasteiger partial charge is 0.223 e. The van der Waals surface area contributed by atoms with E-state index in [1.165, 1.54) is 4.31 Å². The minimum Gasteiger partial charge on any atom is -0.345 e. The van der Waals surface area contributed by atoms with E-state index in [-0.39, 0.29) is 23.6 Å². The number of nitrogens with zero attached hydrogens (tertiary/aromatic N) is 1. The monoisotopic (exact) mass is 496 g/mol. The fraction of sp³-hybridized carbons (Fsp3) is 0.296. The zero-order valence-corrected chi connectivity index (χ0v) is 20.7. The summed E-state index contributed by atoms with van der Waals surface area (Å²) in [5, 5.41) is 3.74. The molecule has 4 rings (SSSR count). The molecule has 0 aliphatic carbocycles. The van der Waals surface area contributed by atoms with Crippen LogP contribution in [-0.2, 0) is 20.6 Å². The number of hydrogen-bond acceptors (Lipinski definition) is 3. The number of nitrogens with one attached hydrogen (secondary N) is 1. The molecule has 1 aliphatic rings. The van der Waals surface area contributed by atoms with E-state index in [0.29, 0.717) is 36.5 Å². The second-order valence-electron chi connectivity index (χ2n) is 8.82.